The number of ketones is 1. The third kappa shape index (κ3) is 1.99. The Bertz CT molecular complexity index is 380. The lowest BCUT2D eigenvalue weighted by Gasteiger charge is -2.04. The van der Waals surface area contributed by atoms with Crippen molar-refractivity contribution in [2.45, 2.75) is 20.3 Å². The molecule has 1 N–H and O–H groups in total. The first-order valence-corrected chi connectivity index (χ1v) is 4.43. The van der Waals surface area contributed by atoms with E-state index >= 15 is 0 Å². The number of carbonyl (C=O) groups excluding carboxylic acids is 1. The zero-order valence-corrected chi connectivity index (χ0v) is 8.20. The van der Waals surface area contributed by atoms with Crippen molar-refractivity contribution in [2.24, 2.45) is 0 Å². The number of aryl methyl sites for hydroxylation is 1. The fourth-order valence-corrected chi connectivity index (χ4v) is 1.31. The number of Topliss-reactive ketones (excluding diaryl/α,β-unsaturated/α-hetero) is 1. The van der Waals surface area contributed by atoms with Crippen LogP contribution in [0.15, 0.2) is 18.2 Å². The maximum atomic E-state index is 11.0. The largest absolute Gasteiger partial charge is 0.478 e. The van der Waals surface area contributed by atoms with Gasteiger partial charge >= 0.3 is 5.97 Å². The predicted molar refractivity (Wildman–Crippen MR) is 52.8 cm³/mol. The highest BCUT2D eigenvalue weighted by atomic mass is 16.4. The Morgan fingerprint density at radius 2 is 2.00 bits per heavy atom. The first-order valence-electron chi connectivity index (χ1n) is 4.43. The molecule has 0 radical (unpaired) electrons. The van der Waals surface area contributed by atoms with Crippen LogP contribution in [-0.2, 0) is 6.42 Å². The van der Waals surface area contributed by atoms with Gasteiger partial charge in [-0.05, 0) is 31.0 Å². The molecule has 0 bridgehead atoms. The number of rotatable bonds is 3. The van der Waals surface area contributed by atoms with E-state index in [2.05, 4.69) is 0 Å². The third-order valence-electron chi connectivity index (χ3n) is 2.12. The first-order chi connectivity index (χ1) is 6.56. The molecule has 1 aromatic carbocycles. The van der Waals surface area contributed by atoms with E-state index in [1.54, 1.807) is 12.1 Å². The molecule has 0 fully saturated rings. The van der Waals surface area contributed by atoms with Crippen LogP contribution in [-0.4, -0.2) is 16.9 Å². The molecule has 0 unspecified atom stereocenters. The summed E-state index contributed by atoms with van der Waals surface area (Å²) in [6.07, 6.45) is 0.614. The molecule has 14 heavy (non-hydrogen) atoms. The molecule has 0 aromatic heterocycles. The van der Waals surface area contributed by atoms with Gasteiger partial charge in [0.1, 0.15) is 0 Å². The smallest absolute Gasteiger partial charge is 0.335 e. The van der Waals surface area contributed by atoms with E-state index < -0.39 is 5.97 Å². The van der Waals surface area contributed by atoms with Gasteiger partial charge in [0.25, 0.3) is 0 Å². The molecule has 0 saturated heterocycles. The van der Waals surface area contributed by atoms with Crippen molar-refractivity contribution in [3.8, 4) is 0 Å². The summed E-state index contributed by atoms with van der Waals surface area (Å²) in [5.41, 5.74) is 1.54. The molecule has 0 aliphatic heterocycles. The van der Waals surface area contributed by atoms with Crippen molar-refractivity contribution in [1.82, 2.24) is 0 Å². The zero-order chi connectivity index (χ0) is 10.7. The maximum Gasteiger partial charge on any atom is 0.335 e. The lowest BCUT2D eigenvalue weighted by atomic mass is 10.0. The molecule has 74 valence electrons. The minimum Gasteiger partial charge on any atom is -0.478 e. The van der Waals surface area contributed by atoms with Gasteiger partial charge in [-0.3, -0.25) is 4.79 Å². The highest BCUT2D eigenvalue weighted by Gasteiger charge is 2.10. The number of carboxylic acids is 1. The van der Waals surface area contributed by atoms with Gasteiger partial charge in [0.05, 0.1) is 5.56 Å². The van der Waals surface area contributed by atoms with Gasteiger partial charge in [-0.2, -0.15) is 0 Å². The molecule has 0 saturated carbocycles. The summed E-state index contributed by atoms with van der Waals surface area (Å²) in [6.45, 7) is 3.33. The molecule has 0 aliphatic rings. The molecule has 0 aliphatic carbocycles. The van der Waals surface area contributed by atoms with Gasteiger partial charge in [0.2, 0.25) is 0 Å². The van der Waals surface area contributed by atoms with Gasteiger partial charge in [-0.1, -0.05) is 13.0 Å². The molecule has 0 amide bonds. The first kappa shape index (κ1) is 10.4. The van der Waals surface area contributed by atoms with E-state index in [1.807, 2.05) is 6.92 Å². The van der Waals surface area contributed by atoms with Crippen LogP contribution < -0.4 is 0 Å². The molecule has 0 atom stereocenters. The Kier molecular flexibility index (Phi) is 3.02. The van der Waals surface area contributed by atoms with Gasteiger partial charge in [-0.15, -0.1) is 0 Å². The van der Waals surface area contributed by atoms with E-state index in [4.69, 9.17) is 5.11 Å². The van der Waals surface area contributed by atoms with Crippen molar-refractivity contribution >= 4 is 11.8 Å². The second-order valence-corrected chi connectivity index (χ2v) is 3.09. The van der Waals surface area contributed by atoms with E-state index in [0.29, 0.717) is 17.5 Å². The van der Waals surface area contributed by atoms with E-state index in [0.717, 1.165) is 0 Å². The van der Waals surface area contributed by atoms with Crippen molar-refractivity contribution in [1.29, 1.82) is 0 Å². The molecule has 3 nitrogen and oxygen atoms in total. The van der Waals surface area contributed by atoms with Crippen molar-refractivity contribution in [3.63, 3.8) is 0 Å². The van der Waals surface area contributed by atoms with Gasteiger partial charge < -0.3 is 5.11 Å². The second kappa shape index (κ2) is 4.05. The van der Waals surface area contributed by atoms with Crippen LogP contribution in [0.3, 0.4) is 0 Å². The molecule has 0 heterocycles. The Morgan fingerprint density at radius 3 is 2.43 bits per heavy atom. The quantitative estimate of drug-likeness (QED) is 0.746. The zero-order valence-electron chi connectivity index (χ0n) is 8.20. The Balaban J connectivity index is 3.25. The number of carbonyl (C=O) groups is 2. The summed E-state index contributed by atoms with van der Waals surface area (Å²) in [7, 11) is 0. The fourth-order valence-electron chi connectivity index (χ4n) is 1.31. The minimum atomic E-state index is -0.947. The average Bonchev–Trinajstić information content (AvgIpc) is 2.16. The second-order valence-electron chi connectivity index (χ2n) is 3.09. The fraction of sp³-hybridized carbons (Fsp3) is 0.273. The third-order valence-corrected chi connectivity index (χ3v) is 2.12. The number of carboxylic acid groups (broad SMARTS) is 1. The van der Waals surface area contributed by atoms with Crippen molar-refractivity contribution < 1.29 is 14.7 Å². The molecular formula is C11H12O3. The summed E-state index contributed by atoms with van der Waals surface area (Å²) in [6, 6.07) is 4.68. The molecule has 0 spiro atoms. The van der Waals surface area contributed by atoms with Crippen LogP contribution in [0.4, 0.5) is 0 Å². The number of aromatic carboxylic acids is 1. The Labute approximate surface area is 82.4 Å². The monoisotopic (exact) mass is 192 g/mol. The van der Waals surface area contributed by atoms with Gasteiger partial charge in [-0.25, -0.2) is 4.79 Å². The number of hydrogen-bond acceptors (Lipinski definition) is 2. The van der Waals surface area contributed by atoms with Crippen LogP contribution in [0.25, 0.3) is 0 Å². The normalized spacial score (nSPS) is 9.86. The summed E-state index contributed by atoms with van der Waals surface area (Å²) >= 11 is 0. The lowest BCUT2D eigenvalue weighted by molar-refractivity contribution is 0.0695. The van der Waals surface area contributed by atoms with E-state index in [1.165, 1.54) is 13.0 Å². The topological polar surface area (TPSA) is 54.4 Å². The van der Waals surface area contributed by atoms with Crippen LogP contribution in [0.5, 0.6) is 0 Å². The minimum absolute atomic E-state index is 0.0448. The van der Waals surface area contributed by atoms with Gasteiger partial charge in [0.15, 0.2) is 5.78 Å². The summed E-state index contributed by atoms with van der Waals surface area (Å²) in [4.78, 5) is 21.8. The van der Waals surface area contributed by atoms with E-state index in [-0.39, 0.29) is 11.3 Å². The summed E-state index contributed by atoms with van der Waals surface area (Å²) in [5, 5.41) is 8.84. The summed E-state index contributed by atoms with van der Waals surface area (Å²) in [5.74, 6) is -0.992. The van der Waals surface area contributed by atoms with Crippen LogP contribution >= 0.6 is 0 Å². The van der Waals surface area contributed by atoms with E-state index in [9.17, 15) is 9.59 Å². The van der Waals surface area contributed by atoms with Crippen LogP contribution in [0.1, 0.15) is 40.1 Å². The van der Waals surface area contributed by atoms with Gasteiger partial charge in [0, 0.05) is 5.56 Å². The highest BCUT2D eigenvalue weighted by Crippen LogP contribution is 2.13. The van der Waals surface area contributed by atoms with Crippen molar-refractivity contribution in [2.75, 3.05) is 0 Å². The number of hydrogen-bond donors (Lipinski definition) is 1. The standard InChI is InChI=1S/C11H12O3/c1-3-8-6-9(7(2)12)4-5-10(8)11(13)14/h4-6H,3H2,1-2H3,(H,13,14). The molecule has 1 rings (SSSR count). The van der Waals surface area contributed by atoms with Crippen LogP contribution in [0, 0.1) is 0 Å². The summed E-state index contributed by atoms with van der Waals surface area (Å²) < 4.78 is 0. The Morgan fingerprint density at radius 1 is 1.36 bits per heavy atom. The maximum absolute atomic E-state index is 11.0. The Hall–Kier alpha value is -1.64. The molecule has 3 heteroatoms. The van der Waals surface area contributed by atoms with Crippen LogP contribution in [0.2, 0.25) is 0 Å². The highest BCUT2D eigenvalue weighted by molar-refractivity contribution is 5.96. The average molecular weight is 192 g/mol. The molecular weight excluding hydrogens is 180 g/mol. The lowest BCUT2D eigenvalue weighted by Crippen LogP contribution is -2.04. The predicted octanol–water partition coefficient (Wildman–Crippen LogP) is 2.15. The number of benzene rings is 1. The SMILES string of the molecule is CCc1cc(C(C)=O)ccc1C(=O)O. The van der Waals surface area contributed by atoms with Crippen molar-refractivity contribution in [3.05, 3.63) is 34.9 Å². The molecule has 1 aromatic rings.